The Morgan fingerprint density at radius 1 is 1.13 bits per heavy atom. The van der Waals surface area contributed by atoms with Gasteiger partial charge in [-0.2, -0.15) is 0 Å². The number of anilines is 2. The minimum Gasteiger partial charge on any atom is -0.389 e. The number of β-amino-alcohol motifs (C(OH)–C–C–N with tert-alkyl or cyclic N) is 1. The SMILES string of the molecule is CC(C)CC(=O)Nc1ccc(N2CCN(CC(O)COCc3ccccc3)CC2)nc1. The minimum absolute atomic E-state index is 0.0180. The van der Waals surface area contributed by atoms with Crippen LogP contribution >= 0.6 is 0 Å². The standard InChI is InChI=1S/C24H34N4O3/c1-19(2)14-24(30)26-21-8-9-23(25-15-21)28-12-10-27(11-13-28)16-22(29)18-31-17-20-6-4-3-5-7-20/h3-9,15,19,22,29H,10-14,16-18H2,1-2H3,(H,26,30). The van der Waals surface area contributed by atoms with Crippen LogP contribution in [-0.4, -0.2) is 66.3 Å². The van der Waals surface area contributed by atoms with Crippen molar-refractivity contribution in [2.45, 2.75) is 33.0 Å². The van der Waals surface area contributed by atoms with Crippen LogP contribution in [0.5, 0.6) is 0 Å². The van der Waals surface area contributed by atoms with Gasteiger partial charge in [0.1, 0.15) is 5.82 Å². The number of hydrogen-bond acceptors (Lipinski definition) is 6. The fraction of sp³-hybridized carbons (Fsp3) is 0.500. The van der Waals surface area contributed by atoms with Crippen molar-refractivity contribution < 1.29 is 14.6 Å². The summed E-state index contributed by atoms with van der Waals surface area (Å²) in [5, 5.41) is 13.2. The lowest BCUT2D eigenvalue weighted by molar-refractivity contribution is -0.116. The van der Waals surface area contributed by atoms with E-state index in [1.54, 1.807) is 6.20 Å². The Hall–Kier alpha value is -2.48. The number of nitrogens with one attached hydrogen (secondary N) is 1. The summed E-state index contributed by atoms with van der Waals surface area (Å²) in [6.07, 6.45) is 1.72. The maximum absolute atomic E-state index is 11.9. The second kappa shape index (κ2) is 11.8. The Morgan fingerprint density at radius 3 is 2.52 bits per heavy atom. The van der Waals surface area contributed by atoms with Crippen LogP contribution in [0, 0.1) is 5.92 Å². The van der Waals surface area contributed by atoms with E-state index in [2.05, 4.69) is 20.1 Å². The predicted molar refractivity (Wildman–Crippen MR) is 123 cm³/mol. The Kier molecular flexibility index (Phi) is 8.82. The average molecular weight is 427 g/mol. The molecule has 0 radical (unpaired) electrons. The van der Waals surface area contributed by atoms with Gasteiger partial charge in [-0.15, -0.1) is 0 Å². The predicted octanol–water partition coefficient (Wildman–Crippen LogP) is 2.77. The lowest BCUT2D eigenvalue weighted by Gasteiger charge is -2.36. The van der Waals surface area contributed by atoms with Gasteiger partial charge in [0, 0.05) is 39.1 Å². The molecule has 0 saturated carbocycles. The van der Waals surface area contributed by atoms with Gasteiger partial charge in [-0.05, 0) is 23.6 Å². The van der Waals surface area contributed by atoms with Gasteiger partial charge >= 0.3 is 0 Å². The second-order valence-corrected chi connectivity index (χ2v) is 8.49. The van der Waals surface area contributed by atoms with E-state index in [1.807, 2.05) is 56.3 Å². The zero-order chi connectivity index (χ0) is 22.1. The number of pyridine rings is 1. The smallest absolute Gasteiger partial charge is 0.224 e. The third-order valence-electron chi connectivity index (χ3n) is 5.21. The fourth-order valence-electron chi connectivity index (χ4n) is 3.63. The van der Waals surface area contributed by atoms with Crippen molar-refractivity contribution in [1.82, 2.24) is 9.88 Å². The van der Waals surface area contributed by atoms with Crippen LogP contribution in [0.3, 0.4) is 0 Å². The molecule has 0 aliphatic carbocycles. The summed E-state index contributed by atoms with van der Waals surface area (Å²) in [5.41, 5.74) is 1.84. The first-order chi connectivity index (χ1) is 15.0. The number of rotatable bonds is 10. The molecule has 1 aliphatic heterocycles. The van der Waals surface area contributed by atoms with Crippen LogP contribution in [-0.2, 0) is 16.1 Å². The van der Waals surface area contributed by atoms with Crippen molar-refractivity contribution in [3.63, 3.8) is 0 Å². The van der Waals surface area contributed by atoms with E-state index in [0.717, 1.165) is 43.2 Å². The number of amides is 1. The number of aliphatic hydroxyl groups is 1. The molecule has 1 unspecified atom stereocenters. The van der Waals surface area contributed by atoms with Gasteiger partial charge in [0.15, 0.2) is 0 Å². The summed E-state index contributed by atoms with van der Waals surface area (Å²) >= 11 is 0. The van der Waals surface area contributed by atoms with Gasteiger partial charge in [-0.3, -0.25) is 9.69 Å². The molecule has 0 bridgehead atoms. The number of aromatic nitrogens is 1. The van der Waals surface area contributed by atoms with Gasteiger partial charge in [0.2, 0.25) is 5.91 Å². The number of ether oxygens (including phenoxy) is 1. The van der Waals surface area contributed by atoms with Crippen molar-refractivity contribution in [2.24, 2.45) is 5.92 Å². The highest BCUT2D eigenvalue weighted by Gasteiger charge is 2.20. The van der Waals surface area contributed by atoms with Gasteiger partial charge < -0.3 is 20.1 Å². The van der Waals surface area contributed by atoms with Crippen LogP contribution in [0.15, 0.2) is 48.7 Å². The molecule has 1 saturated heterocycles. The lowest BCUT2D eigenvalue weighted by atomic mass is 10.1. The highest BCUT2D eigenvalue weighted by atomic mass is 16.5. The molecule has 2 aromatic rings. The number of aliphatic hydroxyl groups excluding tert-OH is 1. The number of carbonyl (C=O) groups is 1. The third kappa shape index (κ3) is 7.94. The van der Waals surface area contributed by atoms with Crippen LogP contribution in [0.1, 0.15) is 25.8 Å². The van der Waals surface area contributed by atoms with E-state index in [-0.39, 0.29) is 5.91 Å². The average Bonchev–Trinajstić information content (AvgIpc) is 2.75. The maximum atomic E-state index is 11.9. The first-order valence-electron chi connectivity index (χ1n) is 11.0. The Labute approximate surface area is 185 Å². The molecule has 31 heavy (non-hydrogen) atoms. The molecule has 3 rings (SSSR count). The highest BCUT2D eigenvalue weighted by Crippen LogP contribution is 2.17. The fourth-order valence-corrected chi connectivity index (χ4v) is 3.63. The van der Waals surface area contributed by atoms with E-state index in [4.69, 9.17) is 4.74 Å². The van der Waals surface area contributed by atoms with Gasteiger partial charge in [0.25, 0.3) is 0 Å². The molecule has 2 heterocycles. The maximum Gasteiger partial charge on any atom is 0.224 e. The van der Waals surface area contributed by atoms with E-state index >= 15 is 0 Å². The number of carbonyl (C=O) groups excluding carboxylic acids is 1. The monoisotopic (exact) mass is 426 g/mol. The molecule has 7 heteroatoms. The molecule has 7 nitrogen and oxygen atoms in total. The van der Waals surface area contributed by atoms with Gasteiger partial charge in [-0.1, -0.05) is 44.2 Å². The second-order valence-electron chi connectivity index (χ2n) is 8.49. The Bertz CT molecular complexity index is 790. The summed E-state index contributed by atoms with van der Waals surface area (Å²) in [6, 6.07) is 13.8. The van der Waals surface area contributed by atoms with Crippen molar-refractivity contribution in [3.8, 4) is 0 Å². The molecule has 1 aromatic carbocycles. The Balaban J connectivity index is 1.36. The first-order valence-corrected chi connectivity index (χ1v) is 11.0. The molecule has 1 aromatic heterocycles. The van der Waals surface area contributed by atoms with E-state index in [1.165, 1.54) is 0 Å². The molecule has 1 fully saturated rings. The highest BCUT2D eigenvalue weighted by molar-refractivity contribution is 5.90. The normalized spacial score (nSPS) is 15.8. The lowest BCUT2D eigenvalue weighted by Crippen LogP contribution is -2.49. The molecule has 1 amide bonds. The first kappa shape index (κ1) is 23.2. The zero-order valence-electron chi connectivity index (χ0n) is 18.5. The largest absolute Gasteiger partial charge is 0.389 e. The quantitative estimate of drug-likeness (QED) is 0.608. The number of hydrogen-bond donors (Lipinski definition) is 2. The van der Waals surface area contributed by atoms with Crippen LogP contribution in [0.2, 0.25) is 0 Å². The molecule has 1 atom stereocenters. The topological polar surface area (TPSA) is 77.9 Å². The van der Waals surface area contributed by atoms with Gasteiger partial charge in [-0.25, -0.2) is 4.98 Å². The van der Waals surface area contributed by atoms with Crippen LogP contribution in [0.25, 0.3) is 0 Å². The molecule has 0 spiro atoms. The Morgan fingerprint density at radius 2 is 1.87 bits per heavy atom. The molecule has 2 N–H and O–H groups in total. The summed E-state index contributed by atoms with van der Waals surface area (Å²) in [7, 11) is 0. The van der Waals surface area contributed by atoms with Crippen molar-refractivity contribution in [1.29, 1.82) is 0 Å². The molecule has 1 aliphatic rings. The summed E-state index contributed by atoms with van der Waals surface area (Å²) in [4.78, 5) is 20.9. The zero-order valence-corrected chi connectivity index (χ0v) is 18.5. The minimum atomic E-state index is -0.498. The number of benzene rings is 1. The third-order valence-corrected chi connectivity index (χ3v) is 5.21. The van der Waals surface area contributed by atoms with Crippen LogP contribution < -0.4 is 10.2 Å². The summed E-state index contributed by atoms with van der Waals surface area (Å²) in [5.74, 6) is 1.26. The van der Waals surface area contributed by atoms with E-state index in [0.29, 0.717) is 32.1 Å². The number of nitrogens with zero attached hydrogens (tertiary/aromatic N) is 3. The number of piperazine rings is 1. The molecular weight excluding hydrogens is 392 g/mol. The molecule has 168 valence electrons. The van der Waals surface area contributed by atoms with E-state index < -0.39 is 6.10 Å². The van der Waals surface area contributed by atoms with E-state index in [9.17, 15) is 9.90 Å². The van der Waals surface area contributed by atoms with Crippen molar-refractivity contribution in [2.75, 3.05) is 49.5 Å². The summed E-state index contributed by atoms with van der Waals surface area (Å²) < 4.78 is 5.65. The van der Waals surface area contributed by atoms with Crippen molar-refractivity contribution in [3.05, 3.63) is 54.2 Å². The van der Waals surface area contributed by atoms with Gasteiger partial charge in [0.05, 0.1) is 31.2 Å². The van der Waals surface area contributed by atoms with Crippen molar-refractivity contribution >= 4 is 17.4 Å². The molecular formula is C24H34N4O3. The summed E-state index contributed by atoms with van der Waals surface area (Å²) in [6.45, 7) is 8.94. The van der Waals surface area contributed by atoms with Crippen LogP contribution in [0.4, 0.5) is 11.5 Å².